The molecule has 0 spiro atoms. The lowest BCUT2D eigenvalue weighted by atomic mass is 10.2. The van der Waals surface area contributed by atoms with Crippen LogP contribution in [-0.4, -0.2) is 22.8 Å². The van der Waals surface area contributed by atoms with Crippen molar-refractivity contribution in [3.8, 4) is 0 Å². The van der Waals surface area contributed by atoms with Crippen molar-refractivity contribution in [1.82, 2.24) is 9.88 Å². The molecule has 0 saturated heterocycles. The quantitative estimate of drug-likeness (QED) is 0.862. The Hall–Kier alpha value is -1.88. The van der Waals surface area contributed by atoms with E-state index in [4.69, 9.17) is 5.73 Å². The smallest absolute Gasteiger partial charge is 0.265 e. The monoisotopic (exact) mass is 261 g/mol. The van der Waals surface area contributed by atoms with Gasteiger partial charge in [-0.15, -0.1) is 11.3 Å². The molecule has 0 aliphatic heterocycles. The minimum absolute atomic E-state index is 0.0111. The molecule has 2 aromatic rings. The molecule has 1 heterocycles. The number of benzene rings is 1. The number of nitrogens with two attached hydrogens (primary N) is 1. The van der Waals surface area contributed by atoms with Crippen LogP contribution in [0, 0.1) is 6.92 Å². The summed E-state index contributed by atoms with van der Waals surface area (Å²) < 4.78 is 0. The third-order valence-corrected chi connectivity index (χ3v) is 3.45. The zero-order valence-electron chi connectivity index (χ0n) is 10.4. The topological polar surface area (TPSA) is 59.2 Å². The molecule has 1 aromatic carbocycles. The number of amides is 1. The average Bonchev–Trinajstić information content (AvgIpc) is 2.75. The maximum Gasteiger partial charge on any atom is 0.265 e. The molecule has 1 aromatic heterocycles. The van der Waals surface area contributed by atoms with Gasteiger partial charge in [0, 0.05) is 19.3 Å². The van der Waals surface area contributed by atoms with Crippen molar-refractivity contribution in [2.75, 3.05) is 12.8 Å². The second-order valence-corrected chi connectivity index (χ2v) is 5.38. The van der Waals surface area contributed by atoms with Gasteiger partial charge in [-0.2, -0.15) is 0 Å². The van der Waals surface area contributed by atoms with Gasteiger partial charge < -0.3 is 10.6 Å². The molecule has 0 aliphatic rings. The SMILES string of the molecule is Cc1ncc(C(=O)N(C)Cc2cccc(N)c2)s1. The summed E-state index contributed by atoms with van der Waals surface area (Å²) in [5, 5.41) is 0.899. The predicted molar refractivity (Wildman–Crippen MR) is 73.5 cm³/mol. The van der Waals surface area contributed by atoms with E-state index in [1.807, 2.05) is 31.2 Å². The molecule has 2 rings (SSSR count). The van der Waals surface area contributed by atoms with Crippen LogP contribution >= 0.6 is 11.3 Å². The van der Waals surface area contributed by atoms with Gasteiger partial charge in [0.25, 0.3) is 5.91 Å². The Kier molecular flexibility index (Phi) is 3.62. The highest BCUT2D eigenvalue weighted by molar-refractivity contribution is 7.13. The fourth-order valence-electron chi connectivity index (χ4n) is 1.69. The summed E-state index contributed by atoms with van der Waals surface area (Å²) >= 11 is 1.41. The van der Waals surface area contributed by atoms with Crippen LogP contribution in [0.4, 0.5) is 5.69 Å². The molecule has 0 saturated carbocycles. The number of aryl methyl sites for hydroxylation is 1. The zero-order chi connectivity index (χ0) is 13.1. The number of hydrogen-bond donors (Lipinski definition) is 1. The third-order valence-electron chi connectivity index (χ3n) is 2.55. The van der Waals surface area contributed by atoms with Crippen molar-refractivity contribution < 1.29 is 4.79 Å². The molecular formula is C13H15N3OS. The number of carbonyl (C=O) groups excluding carboxylic acids is 1. The summed E-state index contributed by atoms with van der Waals surface area (Å²) in [4.78, 5) is 18.5. The van der Waals surface area contributed by atoms with Crippen LogP contribution in [0.1, 0.15) is 20.2 Å². The van der Waals surface area contributed by atoms with E-state index in [1.54, 1.807) is 18.1 Å². The fourth-order valence-corrected chi connectivity index (χ4v) is 2.46. The molecule has 18 heavy (non-hydrogen) atoms. The summed E-state index contributed by atoms with van der Waals surface area (Å²) in [7, 11) is 1.78. The highest BCUT2D eigenvalue weighted by Crippen LogP contribution is 2.15. The summed E-state index contributed by atoms with van der Waals surface area (Å²) in [6.07, 6.45) is 1.62. The first-order valence-electron chi connectivity index (χ1n) is 5.58. The Morgan fingerprint density at radius 2 is 2.28 bits per heavy atom. The lowest BCUT2D eigenvalue weighted by Crippen LogP contribution is -2.25. The Bertz CT molecular complexity index is 565. The average molecular weight is 261 g/mol. The highest BCUT2D eigenvalue weighted by Gasteiger charge is 2.14. The van der Waals surface area contributed by atoms with Gasteiger partial charge in [-0.1, -0.05) is 12.1 Å². The summed E-state index contributed by atoms with van der Waals surface area (Å²) in [6, 6.07) is 7.55. The maximum atomic E-state index is 12.1. The van der Waals surface area contributed by atoms with Crippen molar-refractivity contribution in [2.24, 2.45) is 0 Å². The Labute approximate surface area is 110 Å². The van der Waals surface area contributed by atoms with E-state index < -0.39 is 0 Å². The number of anilines is 1. The molecular weight excluding hydrogens is 246 g/mol. The fraction of sp³-hybridized carbons (Fsp3) is 0.231. The van der Waals surface area contributed by atoms with Gasteiger partial charge in [0.15, 0.2) is 0 Å². The summed E-state index contributed by atoms with van der Waals surface area (Å²) in [6.45, 7) is 2.43. The molecule has 0 radical (unpaired) electrons. The first kappa shape index (κ1) is 12.6. The van der Waals surface area contributed by atoms with Crippen molar-refractivity contribution in [1.29, 1.82) is 0 Å². The molecule has 1 amide bonds. The molecule has 2 N–H and O–H groups in total. The number of rotatable bonds is 3. The van der Waals surface area contributed by atoms with E-state index in [2.05, 4.69) is 4.98 Å². The van der Waals surface area contributed by atoms with Crippen molar-refractivity contribution >= 4 is 22.9 Å². The standard InChI is InChI=1S/C13H15N3OS/c1-9-15-7-12(18-9)13(17)16(2)8-10-4-3-5-11(14)6-10/h3-7H,8,14H2,1-2H3. The highest BCUT2D eigenvalue weighted by atomic mass is 32.1. The molecule has 0 aliphatic carbocycles. The van der Waals surface area contributed by atoms with Crippen LogP contribution in [-0.2, 0) is 6.54 Å². The second-order valence-electron chi connectivity index (χ2n) is 4.15. The van der Waals surface area contributed by atoms with Crippen molar-refractivity contribution in [3.05, 3.63) is 45.9 Å². The van der Waals surface area contributed by atoms with Crippen LogP contribution < -0.4 is 5.73 Å². The van der Waals surface area contributed by atoms with E-state index in [1.165, 1.54) is 11.3 Å². The summed E-state index contributed by atoms with van der Waals surface area (Å²) in [5.74, 6) is -0.0111. The largest absolute Gasteiger partial charge is 0.399 e. The molecule has 0 atom stereocenters. The first-order chi connectivity index (χ1) is 8.56. The minimum Gasteiger partial charge on any atom is -0.399 e. The van der Waals surface area contributed by atoms with E-state index in [9.17, 15) is 4.79 Å². The number of nitrogen functional groups attached to an aromatic ring is 1. The van der Waals surface area contributed by atoms with Gasteiger partial charge in [0.2, 0.25) is 0 Å². The molecule has 0 fully saturated rings. The zero-order valence-corrected chi connectivity index (χ0v) is 11.2. The van der Waals surface area contributed by atoms with Crippen LogP contribution in [0.2, 0.25) is 0 Å². The van der Waals surface area contributed by atoms with Crippen molar-refractivity contribution in [3.63, 3.8) is 0 Å². The van der Waals surface area contributed by atoms with Gasteiger partial charge in [-0.3, -0.25) is 4.79 Å². The van der Waals surface area contributed by atoms with E-state index >= 15 is 0 Å². The molecule has 0 bridgehead atoms. The van der Waals surface area contributed by atoms with E-state index in [-0.39, 0.29) is 5.91 Å². The van der Waals surface area contributed by atoms with Gasteiger partial charge in [-0.25, -0.2) is 4.98 Å². The van der Waals surface area contributed by atoms with Gasteiger partial charge in [0.05, 0.1) is 11.2 Å². The number of nitrogens with zero attached hydrogens (tertiary/aromatic N) is 2. The van der Waals surface area contributed by atoms with Crippen LogP contribution in [0.3, 0.4) is 0 Å². The molecule has 94 valence electrons. The van der Waals surface area contributed by atoms with E-state index in [0.717, 1.165) is 10.6 Å². The Balaban J connectivity index is 2.08. The predicted octanol–water partition coefficient (Wildman–Crippen LogP) is 2.31. The third kappa shape index (κ3) is 2.87. The maximum absolute atomic E-state index is 12.1. The Morgan fingerprint density at radius 1 is 1.50 bits per heavy atom. The minimum atomic E-state index is -0.0111. The number of carbonyl (C=O) groups is 1. The van der Waals surface area contributed by atoms with Gasteiger partial charge >= 0.3 is 0 Å². The van der Waals surface area contributed by atoms with Gasteiger partial charge in [0.1, 0.15) is 4.88 Å². The number of hydrogen-bond acceptors (Lipinski definition) is 4. The summed E-state index contributed by atoms with van der Waals surface area (Å²) in [5.41, 5.74) is 7.44. The Morgan fingerprint density at radius 3 is 2.89 bits per heavy atom. The van der Waals surface area contributed by atoms with Crippen LogP contribution in [0.25, 0.3) is 0 Å². The number of aromatic nitrogens is 1. The lowest BCUT2D eigenvalue weighted by Gasteiger charge is -2.16. The molecule has 0 unspecified atom stereocenters. The first-order valence-corrected chi connectivity index (χ1v) is 6.40. The van der Waals surface area contributed by atoms with Crippen LogP contribution in [0.15, 0.2) is 30.5 Å². The molecule has 4 nitrogen and oxygen atoms in total. The van der Waals surface area contributed by atoms with Crippen molar-refractivity contribution in [2.45, 2.75) is 13.5 Å². The normalized spacial score (nSPS) is 10.3. The second kappa shape index (κ2) is 5.18. The van der Waals surface area contributed by atoms with Gasteiger partial charge in [-0.05, 0) is 24.6 Å². The molecule has 5 heteroatoms. The van der Waals surface area contributed by atoms with Crippen LogP contribution in [0.5, 0.6) is 0 Å². The number of thiazole rings is 1. The lowest BCUT2D eigenvalue weighted by molar-refractivity contribution is 0.0789. The van der Waals surface area contributed by atoms with E-state index in [0.29, 0.717) is 17.1 Å².